The number of ether oxygens (including phenoxy) is 1. The largest absolute Gasteiger partial charge is 0.494 e. The first-order chi connectivity index (χ1) is 15.2. The first-order valence-corrected chi connectivity index (χ1v) is 10.5. The van der Waals surface area contributed by atoms with Gasteiger partial charge in [-0.15, -0.1) is 0 Å². The van der Waals surface area contributed by atoms with Gasteiger partial charge in [0, 0.05) is 41.2 Å². The van der Waals surface area contributed by atoms with Crippen molar-refractivity contribution in [3.63, 3.8) is 0 Å². The molecule has 31 heavy (non-hydrogen) atoms. The number of carbonyl (C=O) groups excluding carboxylic acids is 1. The van der Waals surface area contributed by atoms with Crippen LogP contribution in [0.3, 0.4) is 0 Å². The summed E-state index contributed by atoms with van der Waals surface area (Å²) in [7, 11) is 0. The van der Waals surface area contributed by atoms with Crippen LogP contribution >= 0.6 is 0 Å². The molecule has 1 aliphatic rings. The van der Waals surface area contributed by atoms with E-state index in [1.165, 1.54) is 10.9 Å². The number of aromatic nitrogens is 2. The van der Waals surface area contributed by atoms with Crippen LogP contribution in [0.25, 0.3) is 10.9 Å². The van der Waals surface area contributed by atoms with E-state index >= 15 is 0 Å². The average Bonchev–Trinajstić information content (AvgIpc) is 3.19. The summed E-state index contributed by atoms with van der Waals surface area (Å²) in [6.45, 7) is 3.18. The minimum atomic E-state index is -0.229. The summed E-state index contributed by atoms with van der Waals surface area (Å²) in [6, 6.07) is 19.3. The highest BCUT2D eigenvalue weighted by Gasteiger charge is 2.34. The minimum absolute atomic E-state index is 0.137. The van der Waals surface area contributed by atoms with Gasteiger partial charge in [0.05, 0.1) is 6.61 Å². The number of amides is 2. The van der Waals surface area contributed by atoms with Crippen molar-refractivity contribution in [1.29, 1.82) is 0 Å². The van der Waals surface area contributed by atoms with Crippen LogP contribution in [0.4, 0.5) is 10.5 Å². The first kappa shape index (κ1) is 19.2. The Bertz CT molecular complexity index is 1200. The number of nitrogens with zero attached hydrogens (tertiary/aromatic N) is 2. The average molecular weight is 412 g/mol. The number of aromatic amines is 1. The van der Waals surface area contributed by atoms with Gasteiger partial charge in [0.1, 0.15) is 11.8 Å². The van der Waals surface area contributed by atoms with Crippen LogP contribution in [-0.4, -0.2) is 34.1 Å². The molecule has 0 fully saturated rings. The third-order valence-corrected chi connectivity index (χ3v) is 5.71. The van der Waals surface area contributed by atoms with Crippen LogP contribution in [-0.2, 0) is 6.42 Å². The Morgan fingerprint density at radius 3 is 2.77 bits per heavy atom. The molecule has 6 heteroatoms. The molecule has 0 saturated carbocycles. The molecule has 0 bridgehead atoms. The maximum Gasteiger partial charge on any atom is 0.322 e. The Kier molecular flexibility index (Phi) is 5.04. The molecule has 5 rings (SSSR count). The van der Waals surface area contributed by atoms with Gasteiger partial charge < -0.3 is 19.9 Å². The maximum atomic E-state index is 13.3. The van der Waals surface area contributed by atoms with Crippen molar-refractivity contribution in [1.82, 2.24) is 14.9 Å². The molecule has 0 unspecified atom stereocenters. The molecule has 0 spiro atoms. The zero-order valence-corrected chi connectivity index (χ0v) is 17.3. The zero-order chi connectivity index (χ0) is 21.2. The Hall–Kier alpha value is -3.80. The topological polar surface area (TPSA) is 70.2 Å². The van der Waals surface area contributed by atoms with Gasteiger partial charge in [-0.3, -0.25) is 4.98 Å². The molecule has 2 aromatic carbocycles. The highest BCUT2D eigenvalue weighted by Crippen LogP contribution is 2.38. The van der Waals surface area contributed by atoms with E-state index in [1.807, 2.05) is 60.5 Å². The summed E-state index contributed by atoms with van der Waals surface area (Å²) in [5.74, 6) is 0.787. The monoisotopic (exact) mass is 412 g/mol. The smallest absolute Gasteiger partial charge is 0.322 e. The Morgan fingerprint density at radius 1 is 1.16 bits per heavy atom. The molecule has 2 aromatic heterocycles. The lowest BCUT2D eigenvalue weighted by Crippen LogP contribution is -2.43. The number of fused-ring (bicyclic) bond motifs is 3. The molecule has 0 saturated heterocycles. The number of para-hydroxylation sites is 1. The summed E-state index contributed by atoms with van der Waals surface area (Å²) in [5, 5.41) is 4.26. The van der Waals surface area contributed by atoms with E-state index in [2.05, 4.69) is 33.5 Å². The lowest BCUT2D eigenvalue weighted by molar-refractivity contribution is 0.193. The second-order valence-corrected chi connectivity index (χ2v) is 7.58. The highest BCUT2D eigenvalue weighted by atomic mass is 16.5. The standard InChI is InChI=1S/C25H24N4O2/c1-2-31-19-11-9-18(10-12-19)27-25(30)29-15-13-21-20-7-3-4-8-22(20)28-23(21)24(29)17-6-5-14-26-16-17/h3-12,14,16,24,28H,2,13,15H2,1H3,(H,27,30)/t24-/m0/s1. The molecular weight excluding hydrogens is 388 g/mol. The zero-order valence-electron chi connectivity index (χ0n) is 17.3. The summed E-state index contributed by atoms with van der Waals surface area (Å²) in [4.78, 5) is 23.1. The quantitative estimate of drug-likeness (QED) is 0.487. The fraction of sp³-hybridized carbons (Fsp3) is 0.200. The second-order valence-electron chi connectivity index (χ2n) is 7.58. The molecule has 4 aromatic rings. The summed E-state index contributed by atoms with van der Waals surface area (Å²) >= 11 is 0. The number of nitrogens with one attached hydrogen (secondary N) is 2. The van der Waals surface area contributed by atoms with Crippen molar-refractivity contribution in [2.24, 2.45) is 0 Å². The van der Waals surface area contributed by atoms with Gasteiger partial charge in [-0.2, -0.15) is 0 Å². The van der Waals surface area contributed by atoms with Crippen LogP contribution in [0.1, 0.15) is 29.8 Å². The van der Waals surface area contributed by atoms with Gasteiger partial charge in [0.25, 0.3) is 0 Å². The van der Waals surface area contributed by atoms with Gasteiger partial charge in [-0.1, -0.05) is 24.3 Å². The third kappa shape index (κ3) is 3.61. The summed E-state index contributed by atoms with van der Waals surface area (Å²) < 4.78 is 5.49. The van der Waals surface area contributed by atoms with E-state index in [1.54, 1.807) is 6.20 Å². The van der Waals surface area contributed by atoms with Crippen LogP contribution in [0.2, 0.25) is 0 Å². The van der Waals surface area contributed by atoms with Gasteiger partial charge in [0.15, 0.2) is 0 Å². The molecule has 1 aliphatic heterocycles. The third-order valence-electron chi connectivity index (χ3n) is 5.71. The van der Waals surface area contributed by atoms with Crippen LogP contribution < -0.4 is 10.1 Å². The van der Waals surface area contributed by atoms with E-state index in [0.717, 1.165) is 34.6 Å². The number of pyridine rings is 1. The Balaban J connectivity index is 1.49. The SMILES string of the molecule is CCOc1ccc(NC(=O)N2CCc3c([nH]c4ccccc34)[C@@H]2c2cccnc2)cc1. The first-order valence-electron chi connectivity index (χ1n) is 10.5. The summed E-state index contributed by atoms with van der Waals surface area (Å²) in [5.41, 5.74) is 5.14. The van der Waals surface area contributed by atoms with Gasteiger partial charge in [-0.05, 0) is 60.9 Å². The number of benzene rings is 2. The molecule has 6 nitrogen and oxygen atoms in total. The minimum Gasteiger partial charge on any atom is -0.494 e. The fourth-order valence-electron chi connectivity index (χ4n) is 4.34. The Morgan fingerprint density at radius 2 is 2.00 bits per heavy atom. The number of hydrogen-bond donors (Lipinski definition) is 2. The second kappa shape index (κ2) is 8.14. The normalized spacial score (nSPS) is 15.5. The van der Waals surface area contributed by atoms with Gasteiger partial charge >= 0.3 is 6.03 Å². The summed E-state index contributed by atoms with van der Waals surface area (Å²) in [6.07, 6.45) is 4.39. The predicted molar refractivity (Wildman–Crippen MR) is 121 cm³/mol. The number of H-pyrrole nitrogens is 1. The number of anilines is 1. The molecule has 2 amide bonds. The van der Waals surface area contributed by atoms with Gasteiger partial charge in [0.2, 0.25) is 0 Å². The van der Waals surface area contributed by atoms with E-state index in [4.69, 9.17) is 4.74 Å². The lowest BCUT2D eigenvalue weighted by Gasteiger charge is -2.36. The predicted octanol–water partition coefficient (Wildman–Crippen LogP) is 5.14. The molecular formula is C25H24N4O2. The number of rotatable bonds is 4. The van der Waals surface area contributed by atoms with Crippen molar-refractivity contribution >= 4 is 22.6 Å². The molecule has 2 N–H and O–H groups in total. The number of urea groups is 1. The number of hydrogen-bond acceptors (Lipinski definition) is 3. The number of carbonyl (C=O) groups is 1. The molecule has 1 atom stereocenters. The van der Waals surface area contributed by atoms with Gasteiger partial charge in [-0.25, -0.2) is 4.79 Å². The molecule has 156 valence electrons. The molecule has 3 heterocycles. The maximum absolute atomic E-state index is 13.3. The molecule has 0 radical (unpaired) electrons. The van der Waals surface area contributed by atoms with Crippen LogP contribution in [0, 0.1) is 0 Å². The van der Waals surface area contributed by atoms with E-state index in [0.29, 0.717) is 13.2 Å². The van der Waals surface area contributed by atoms with Crippen LogP contribution in [0.5, 0.6) is 5.75 Å². The van der Waals surface area contributed by atoms with Crippen molar-refractivity contribution in [2.75, 3.05) is 18.5 Å². The molecule has 0 aliphatic carbocycles. The van der Waals surface area contributed by atoms with Crippen molar-refractivity contribution in [2.45, 2.75) is 19.4 Å². The van der Waals surface area contributed by atoms with E-state index in [-0.39, 0.29) is 12.1 Å². The Labute approximate surface area is 180 Å². The van der Waals surface area contributed by atoms with Crippen molar-refractivity contribution < 1.29 is 9.53 Å². The van der Waals surface area contributed by atoms with E-state index < -0.39 is 0 Å². The van der Waals surface area contributed by atoms with Crippen molar-refractivity contribution in [3.8, 4) is 5.75 Å². The highest BCUT2D eigenvalue weighted by molar-refractivity contribution is 5.91. The fourth-order valence-corrected chi connectivity index (χ4v) is 4.34. The van der Waals surface area contributed by atoms with Crippen molar-refractivity contribution in [3.05, 3.63) is 89.9 Å². The lowest BCUT2D eigenvalue weighted by atomic mass is 9.93. The van der Waals surface area contributed by atoms with E-state index in [9.17, 15) is 4.79 Å². The van der Waals surface area contributed by atoms with Crippen LogP contribution in [0.15, 0.2) is 73.1 Å².